The average Bonchev–Trinajstić information content (AvgIpc) is 2.97. The average molecular weight is 236 g/mol. The van der Waals surface area contributed by atoms with Crippen LogP contribution in [-0.2, 0) is 13.1 Å². The van der Waals surface area contributed by atoms with Crippen LogP contribution in [0.2, 0.25) is 0 Å². The van der Waals surface area contributed by atoms with Crippen molar-refractivity contribution in [2.24, 2.45) is 0 Å². The van der Waals surface area contributed by atoms with Crippen molar-refractivity contribution in [3.63, 3.8) is 0 Å². The second-order valence-electron chi connectivity index (χ2n) is 4.95. The normalized spacial score (nSPS) is 17.1. The van der Waals surface area contributed by atoms with E-state index in [1.807, 2.05) is 13.3 Å². The van der Waals surface area contributed by atoms with E-state index in [0.29, 0.717) is 0 Å². The summed E-state index contributed by atoms with van der Waals surface area (Å²) in [5, 5.41) is 3.15. The molecule has 1 fully saturated rings. The minimum absolute atomic E-state index is 0.776. The van der Waals surface area contributed by atoms with Crippen molar-refractivity contribution in [3.8, 4) is 0 Å². The molecule has 0 spiro atoms. The molecule has 1 heterocycles. The first kappa shape index (κ1) is 12.7. The summed E-state index contributed by atoms with van der Waals surface area (Å²) in [4.78, 5) is 2.55. The standard InChI is InChI=1S/C14H24N2O/c1-3-16(13-6-4-5-7-13)10-14-8-12(9-15-2)11-17-14/h8,11,13,15H,3-7,9-10H2,1-2H3. The summed E-state index contributed by atoms with van der Waals surface area (Å²) in [6.45, 7) is 5.21. The van der Waals surface area contributed by atoms with Gasteiger partial charge in [-0.25, -0.2) is 0 Å². The van der Waals surface area contributed by atoms with Crippen LogP contribution in [-0.4, -0.2) is 24.5 Å². The van der Waals surface area contributed by atoms with Gasteiger partial charge in [0.2, 0.25) is 0 Å². The summed E-state index contributed by atoms with van der Waals surface area (Å²) in [6, 6.07) is 2.95. The predicted octanol–water partition coefficient (Wildman–Crippen LogP) is 2.76. The summed E-state index contributed by atoms with van der Waals surface area (Å²) in [7, 11) is 1.96. The third kappa shape index (κ3) is 3.33. The highest BCUT2D eigenvalue weighted by atomic mass is 16.3. The van der Waals surface area contributed by atoms with Crippen LogP contribution < -0.4 is 5.32 Å². The molecule has 1 saturated carbocycles. The minimum Gasteiger partial charge on any atom is -0.468 e. The van der Waals surface area contributed by atoms with Gasteiger partial charge in [0.25, 0.3) is 0 Å². The summed E-state index contributed by atoms with van der Waals surface area (Å²) >= 11 is 0. The highest BCUT2D eigenvalue weighted by molar-refractivity contribution is 5.12. The van der Waals surface area contributed by atoms with Gasteiger partial charge >= 0.3 is 0 Å². The number of furan rings is 1. The highest BCUT2D eigenvalue weighted by Crippen LogP contribution is 2.25. The zero-order valence-electron chi connectivity index (χ0n) is 11.0. The second kappa shape index (κ2) is 6.22. The monoisotopic (exact) mass is 236 g/mol. The maximum Gasteiger partial charge on any atom is 0.118 e. The molecule has 1 aromatic heterocycles. The molecule has 3 heteroatoms. The van der Waals surface area contributed by atoms with E-state index in [1.165, 1.54) is 31.2 Å². The summed E-state index contributed by atoms with van der Waals surface area (Å²) in [6.07, 6.45) is 7.37. The van der Waals surface area contributed by atoms with Crippen molar-refractivity contribution in [3.05, 3.63) is 23.7 Å². The number of nitrogens with zero attached hydrogens (tertiary/aromatic N) is 1. The SMILES string of the molecule is CCN(Cc1cc(CNC)co1)C1CCCC1. The van der Waals surface area contributed by atoms with Crippen LogP contribution in [0.3, 0.4) is 0 Å². The van der Waals surface area contributed by atoms with Crippen LogP contribution >= 0.6 is 0 Å². The Kier molecular flexibility index (Phi) is 4.63. The van der Waals surface area contributed by atoms with Crippen molar-refractivity contribution >= 4 is 0 Å². The van der Waals surface area contributed by atoms with Crippen LogP contribution in [0.25, 0.3) is 0 Å². The molecule has 1 aromatic rings. The zero-order valence-corrected chi connectivity index (χ0v) is 11.0. The molecule has 2 rings (SSSR count). The third-order valence-electron chi connectivity index (χ3n) is 3.70. The molecular formula is C14H24N2O. The highest BCUT2D eigenvalue weighted by Gasteiger charge is 2.22. The van der Waals surface area contributed by atoms with Crippen molar-refractivity contribution in [1.82, 2.24) is 10.2 Å². The molecule has 0 amide bonds. The predicted molar refractivity (Wildman–Crippen MR) is 69.8 cm³/mol. The van der Waals surface area contributed by atoms with Crippen molar-refractivity contribution in [1.29, 1.82) is 0 Å². The summed E-state index contributed by atoms with van der Waals surface area (Å²) in [5.41, 5.74) is 1.24. The molecule has 0 saturated heterocycles. The Morgan fingerprint density at radius 3 is 2.82 bits per heavy atom. The molecule has 0 atom stereocenters. The molecule has 0 unspecified atom stereocenters. The van der Waals surface area contributed by atoms with Gasteiger partial charge in [-0.2, -0.15) is 0 Å². The molecule has 96 valence electrons. The zero-order chi connectivity index (χ0) is 12.1. The fourth-order valence-electron chi connectivity index (χ4n) is 2.77. The van der Waals surface area contributed by atoms with Gasteiger partial charge in [-0.15, -0.1) is 0 Å². The fraction of sp³-hybridized carbons (Fsp3) is 0.714. The number of rotatable bonds is 6. The van der Waals surface area contributed by atoms with Crippen LogP contribution in [0, 0.1) is 0 Å². The van der Waals surface area contributed by atoms with Gasteiger partial charge in [0.1, 0.15) is 5.76 Å². The van der Waals surface area contributed by atoms with E-state index in [2.05, 4.69) is 23.2 Å². The first-order valence-electron chi connectivity index (χ1n) is 6.78. The molecule has 17 heavy (non-hydrogen) atoms. The first-order chi connectivity index (χ1) is 8.33. The lowest BCUT2D eigenvalue weighted by molar-refractivity contribution is 0.185. The van der Waals surface area contributed by atoms with E-state index in [9.17, 15) is 0 Å². The van der Waals surface area contributed by atoms with Crippen molar-refractivity contribution in [2.75, 3.05) is 13.6 Å². The maximum atomic E-state index is 5.63. The van der Waals surface area contributed by atoms with Crippen LogP contribution in [0.5, 0.6) is 0 Å². The van der Waals surface area contributed by atoms with Gasteiger partial charge in [-0.1, -0.05) is 19.8 Å². The van der Waals surface area contributed by atoms with Crippen LogP contribution in [0.4, 0.5) is 0 Å². The lowest BCUT2D eigenvalue weighted by atomic mass is 10.2. The fourth-order valence-corrected chi connectivity index (χ4v) is 2.77. The topological polar surface area (TPSA) is 28.4 Å². The third-order valence-corrected chi connectivity index (χ3v) is 3.70. The summed E-state index contributed by atoms with van der Waals surface area (Å²) < 4.78 is 5.63. The Morgan fingerprint density at radius 2 is 2.18 bits per heavy atom. The molecule has 0 aromatic carbocycles. The first-order valence-corrected chi connectivity index (χ1v) is 6.78. The van der Waals surface area contributed by atoms with Gasteiger partial charge in [0.05, 0.1) is 12.8 Å². The maximum absolute atomic E-state index is 5.63. The Morgan fingerprint density at radius 1 is 1.41 bits per heavy atom. The Hall–Kier alpha value is -0.800. The van der Waals surface area contributed by atoms with E-state index in [0.717, 1.165) is 31.4 Å². The second-order valence-corrected chi connectivity index (χ2v) is 4.95. The molecule has 0 aliphatic heterocycles. The van der Waals surface area contributed by atoms with Gasteiger partial charge in [0, 0.05) is 18.2 Å². The van der Waals surface area contributed by atoms with E-state index >= 15 is 0 Å². The molecule has 1 aliphatic rings. The van der Waals surface area contributed by atoms with Crippen LogP contribution in [0.1, 0.15) is 43.9 Å². The van der Waals surface area contributed by atoms with E-state index in [1.54, 1.807) is 0 Å². The van der Waals surface area contributed by atoms with Gasteiger partial charge in [-0.3, -0.25) is 4.90 Å². The number of hydrogen-bond donors (Lipinski definition) is 1. The number of hydrogen-bond acceptors (Lipinski definition) is 3. The van der Waals surface area contributed by atoms with Crippen molar-refractivity contribution in [2.45, 2.75) is 51.7 Å². The van der Waals surface area contributed by atoms with Crippen LogP contribution in [0.15, 0.2) is 16.7 Å². The van der Waals surface area contributed by atoms with E-state index < -0.39 is 0 Å². The van der Waals surface area contributed by atoms with Gasteiger partial charge < -0.3 is 9.73 Å². The Labute approximate surface area is 104 Å². The molecular weight excluding hydrogens is 212 g/mol. The smallest absolute Gasteiger partial charge is 0.118 e. The van der Waals surface area contributed by atoms with E-state index in [-0.39, 0.29) is 0 Å². The Bertz CT molecular complexity index is 329. The molecule has 0 radical (unpaired) electrons. The lowest BCUT2D eigenvalue weighted by Crippen LogP contribution is -2.32. The molecule has 3 nitrogen and oxygen atoms in total. The number of nitrogens with one attached hydrogen (secondary N) is 1. The van der Waals surface area contributed by atoms with Gasteiger partial charge in [0.15, 0.2) is 0 Å². The van der Waals surface area contributed by atoms with Crippen molar-refractivity contribution < 1.29 is 4.42 Å². The molecule has 1 aliphatic carbocycles. The van der Waals surface area contributed by atoms with E-state index in [4.69, 9.17) is 4.42 Å². The van der Waals surface area contributed by atoms with Gasteiger partial charge in [-0.05, 0) is 32.5 Å². The lowest BCUT2D eigenvalue weighted by Gasteiger charge is -2.26. The summed E-state index contributed by atoms with van der Waals surface area (Å²) in [5.74, 6) is 1.10. The Balaban J connectivity index is 1.92. The molecule has 1 N–H and O–H groups in total. The minimum atomic E-state index is 0.776. The largest absolute Gasteiger partial charge is 0.468 e. The quantitative estimate of drug-likeness (QED) is 0.823. The molecule has 0 bridgehead atoms.